The summed E-state index contributed by atoms with van der Waals surface area (Å²) in [6.07, 6.45) is 6.77. The number of aromatic nitrogens is 5. The van der Waals surface area contributed by atoms with Crippen molar-refractivity contribution in [3.05, 3.63) is 65.9 Å². The molecule has 1 aliphatic rings. The van der Waals surface area contributed by atoms with Crippen LogP contribution in [-0.2, 0) is 6.54 Å². The number of benzene rings is 1. The number of hydrogen-bond donors (Lipinski definition) is 2. The fourth-order valence-corrected chi connectivity index (χ4v) is 2.86. The normalized spacial score (nSPS) is 19.4. The molecule has 4 rings (SSSR count). The van der Waals surface area contributed by atoms with Gasteiger partial charge in [-0.15, -0.1) is 5.10 Å². The number of hydroxylamine groups is 3. The standard InChI is InChI=1S/C16H15N7O/c24-23(8-7-18-11-23)10-12-9-17-6-5-13(12)14-3-1-2-4-15(14)16-19-21-22-20-16/h1-9,18H,10-11H2,(H,19,20,21,22). The quantitative estimate of drug-likeness (QED) is 0.561. The van der Waals surface area contributed by atoms with Crippen LogP contribution in [0.5, 0.6) is 0 Å². The first-order valence-corrected chi connectivity index (χ1v) is 7.50. The number of nitrogens with one attached hydrogen (secondary N) is 2. The first-order valence-electron chi connectivity index (χ1n) is 7.50. The second-order valence-corrected chi connectivity index (χ2v) is 5.62. The molecule has 1 aromatic carbocycles. The molecule has 0 saturated heterocycles. The monoisotopic (exact) mass is 321 g/mol. The highest BCUT2D eigenvalue weighted by atomic mass is 16.5. The molecule has 1 atom stereocenters. The molecule has 1 aliphatic heterocycles. The van der Waals surface area contributed by atoms with Gasteiger partial charge in [-0.3, -0.25) is 4.98 Å². The summed E-state index contributed by atoms with van der Waals surface area (Å²) in [6.45, 7) is 0.623. The Morgan fingerprint density at radius 1 is 1.12 bits per heavy atom. The smallest absolute Gasteiger partial charge is 0.180 e. The van der Waals surface area contributed by atoms with Crippen LogP contribution in [0.3, 0.4) is 0 Å². The number of nitrogens with zero attached hydrogens (tertiary/aromatic N) is 5. The number of pyridine rings is 1. The van der Waals surface area contributed by atoms with Gasteiger partial charge in [0.25, 0.3) is 0 Å². The van der Waals surface area contributed by atoms with Crippen molar-refractivity contribution in [1.29, 1.82) is 0 Å². The molecule has 0 spiro atoms. The zero-order chi connectivity index (χ0) is 16.4. The summed E-state index contributed by atoms with van der Waals surface area (Å²) in [7, 11) is 0. The molecule has 3 heterocycles. The van der Waals surface area contributed by atoms with Crippen LogP contribution in [0.4, 0.5) is 0 Å². The number of H-pyrrole nitrogens is 1. The first kappa shape index (κ1) is 14.5. The Hall–Kier alpha value is -3.10. The third kappa shape index (κ3) is 2.64. The van der Waals surface area contributed by atoms with Crippen molar-refractivity contribution in [2.45, 2.75) is 6.54 Å². The SMILES string of the molecule is [O-][N+]1(Cc2cnccc2-c2ccccc2-c2nnn[nH]2)C=CNC1. The van der Waals surface area contributed by atoms with Crippen molar-refractivity contribution in [1.82, 2.24) is 30.9 Å². The molecular formula is C16H15N7O. The molecule has 0 radical (unpaired) electrons. The lowest BCUT2D eigenvalue weighted by atomic mass is 9.96. The molecule has 0 fully saturated rings. The van der Waals surface area contributed by atoms with E-state index < -0.39 is 4.65 Å². The van der Waals surface area contributed by atoms with Gasteiger partial charge >= 0.3 is 0 Å². The highest BCUT2D eigenvalue weighted by Crippen LogP contribution is 2.33. The summed E-state index contributed by atoms with van der Waals surface area (Å²) in [5.41, 5.74) is 3.66. The molecule has 3 aromatic rings. The fourth-order valence-electron chi connectivity index (χ4n) is 2.86. The number of rotatable bonds is 4. The number of tetrazole rings is 1. The second kappa shape index (κ2) is 5.84. The Kier molecular flexibility index (Phi) is 3.52. The van der Waals surface area contributed by atoms with Crippen LogP contribution in [-0.4, -0.2) is 36.9 Å². The first-order chi connectivity index (χ1) is 11.8. The van der Waals surface area contributed by atoms with E-state index >= 15 is 0 Å². The maximum absolute atomic E-state index is 12.7. The molecule has 0 aliphatic carbocycles. The van der Waals surface area contributed by atoms with Crippen LogP contribution in [0, 0.1) is 5.21 Å². The molecule has 24 heavy (non-hydrogen) atoms. The minimum Gasteiger partial charge on any atom is -0.626 e. The fraction of sp³-hybridized carbons (Fsp3) is 0.125. The van der Waals surface area contributed by atoms with Crippen LogP contribution < -0.4 is 5.32 Å². The van der Waals surface area contributed by atoms with E-state index in [1.807, 2.05) is 30.3 Å². The van der Waals surface area contributed by atoms with Crippen LogP contribution in [0.25, 0.3) is 22.5 Å². The third-order valence-electron chi connectivity index (χ3n) is 3.98. The minimum atomic E-state index is -0.454. The molecule has 2 aromatic heterocycles. The Morgan fingerprint density at radius 2 is 2.00 bits per heavy atom. The topological polar surface area (TPSA) is 102 Å². The van der Waals surface area contributed by atoms with E-state index in [1.54, 1.807) is 24.8 Å². The highest BCUT2D eigenvalue weighted by molar-refractivity contribution is 5.81. The van der Waals surface area contributed by atoms with Crippen LogP contribution >= 0.6 is 0 Å². The maximum Gasteiger partial charge on any atom is 0.180 e. The molecule has 8 nitrogen and oxygen atoms in total. The lowest BCUT2D eigenvalue weighted by Gasteiger charge is -2.35. The zero-order valence-corrected chi connectivity index (χ0v) is 12.8. The number of quaternary nitrogens is 1. The molecule has 0 saturated carbocycles. The number of hydrogen-bond acceptors (Lipinski definition) is 6. The zero-order valence-electron chi connectivity index (χ0n) is 12.8. The van der Waals surface area contributed by atoms with E-state index in [9.17, 15) is 5.21 Å². The Balaban J connectivity index is 1.80. The summed E-state index contributed by atoms with van der Waals surface area (Å²) in [5.74, 6) is 0.585. The van der Waals surface area contributed by atoms with E-state index in [0.29, 0.717) is 19.0 Å². The lowest BCUT2D eigenvalue weighted by molar-refractivity contribution is -0.839. The van der Waals surface area contributed by atoms with Crippen LogP contribution in [0.1, 0.15) is 5.56 Å². The van der Waals surface area contributed by atoms with Crippen LogP contribution in [0.2, 0.25) is 0 Å². The summed E-state index contributed by atoms with van der Waals surface area (Å²) >= 11 is 0. The number of aromatic amines is 1. The van der Waals surface area contributed by atoms with Gasteiger partial charge in [0.2, 0.25) is 0 Å². The van der Waals surface area contributed by atoms with Crippen molar-refractivity contribution in [3.8, 4) is 22.5 Å². The average Bonchev–Trinajstić information content (AvgIpc) is 3.27. The van der Waals surface area contributed by atoms with Crippen molar-refractivity contribution in [3.63, 3.8) is 0 Å². The lowest BCUT2D eigenvalue weighted by Crippen LogP contribution is -2.37. The van der Waals surface area contributed by atoms with Gasteiger partial charge in [-0.05, 0) is 27.6 Å². The third-order valence-corrected chi connectivity index (χ3v) is 3.98. The van der Waals surface area contributed by atoms with Gasteiger partial charge in [0.15, 0.2) is 12.5 Å². The maximum atomic E-state index is 12.7. The summed E-state index contributed by atoms with van der Waals surface area (Å²) in [5, 5.41) is 29.7. The molecular weight excluding hydrogens is 306 g/mol. The van der Waals surface area contributed by atoms with E-state index in [2.05, 4.69) is 30.9 Å². The predicted molar refractivity (Wildman–Crippen MR) is 87.3 cm³/mol. The average molecular weight is 321 g/mol. The van der Waals surface area contributed by atoms with Crippen LogP contribution in [0.15, 0.2) is 55.1 Å². The van der Waals surface area contributed by atoms with Gasteiger partial charge in [-0.25, -0.2) is 5.10 Å². The van der Waals surface area contributed by atoms with Gasteiger partial charge < -0.3 is 15.2 Å². The van der Waals surface area contributed by atoms with Gasteiger partial charge in [0.05, 0.1) is 6.20 Å². The highest BCUT2D eigenvalue weighted by Gasteiger charge is 2.21. The summed E-state index contributed by atoms with van der Waals surface area (Å²) in [4.78, 5) is 4.19. The van der Waals surface area contributed by atoms with Gasteiger partial charge in [0.1, 0.15) is 12.7 Å². The van der Waals surface area contributed by atoms with E-state index in [-0.39, 0.29) is 0 Å². The molecule has 8 heteroatoms. The van der Waals surface area contributed by atoms with Crippen molar-refractivity contribution in [2.75, 3.05) is 6.67 Å². The Morgan fingerprint density at radius 3 is 2.75 bits per heavy atom. The Labute approximate surface area is 138 Å². The molecule has 120 valence electrons. The van der Waals surface area contributed by atoms with Gasteiger partial charge in [-0.2, -0.15) is 0 Å². The molecule has 0 bridgehead atoms. The minimum absolute atomic E-state index is 0.301. The molecule has 2 N–H and O–H groups in total. The predicted octanol–water partition coefficient (Wildman–Crippen LogP) is 1.78. The van der Waals surface area contributed by atoms with Gasteiger partial charge in [0, 0.05) is 23.5 Å². The van der Waals surface area contributed by atoms with Crippen molar-refractivity contribution >= 4 is 0 Å². The van der Waals surface area contributed by atoms with E-state index in [1.165, 1.54) is 0 Å². The molecule has 1 unspecified atom stereocenters. The van der Waals surface area contributed by atoms with E-state index in [4.69, 9.17) is 0 Å². The summed E-state index contributed by atoms with van der Waals surface area (Å²) in [6, 6.07) is 9.73. The largest absolute Gasteiger partial charge is 0.626 e. The van der Waals surface area contributed by atoms with Crippen molar-refractivity contribution < 1.29 is 4.65 Å². The van der Waals surface area contributed by atoms with E-state index in [0.717, 1.165) is 22.3 Å². The van der Waals surface area contributed by atoms with Gasteiger partial charge in [-0.1, -0.05) is 24.3 Å². The summed E-state index contributed by atoms with van der Waals surface area (Å²) < 4.78 is -0.454. The Bertz CT molecular complexity index is 878. The molecule has 0 amide bonds. The van der Waals surface area contributed by atoms with Crippen molar-refractivity contribution in [2.24, 2.45) is 0 Å². The second-order valence-electron chi connectivity index (χ2n) is 5.62.